The molecular weight excluding hydrogens is 368 g/mol. The van der Waals surface area contributed by atoms with Gasteiger partial charge in [-0.05, 0) is 97.2 Å². The number of carbonyl (C=O) groups is 1. The number of Topliss-reactive ketones (excluding diaryl/α,β-unsaturated/α-hetero) is 1. The molecule has 2 heteroatoms. The Morgan fingerprint density at radius 2 is 1.63 bits per heavy atom. The summed E-state index contributed by atoms with van der Waals surface area (Å²) in [7, 11) is 0. The van der Waals surface area contributed by atoms with Gasteiger partial charge in [-0.1, -0.05) is 54.4 Å². The minimum Gasteiger partial charge on any atom is -0.393 e. The fourth-order valence-corrected chi connectivity index (χ4v) is 9.18. The molecule has 1 N–H and O–H groups in total. The number of aliphatic hydroxyl groups is 1. The van der Waals surface area contributed by atoms with Gasteiger partial charge in [0.2, 0.25) is 0 Å². The molecule has 0 aromatic rings. The number of fused-ring (bicyclic) bond motifs is 5. The van der Waals surface area contributed by atoms with Crippen LogP contribution in [0.15, 0.2) is 0 Å². The van der Waals surface area contributed by atoms with Crippen LogP contribution in [0.3, 0.4) is 0 Å². The zero-order chi connectivity index (χ0) is 21.8. The molecule has 0 aliphatic heterocycles. The number of ketones is 1. The first-order chi connectivity index (χ1) is 14.1. The van der Waals surface area contributed by atoms with Crippen LogP contribution in [0.1, 0.15) is 106 Å². The molecule has 4 fully saturated rings. The van der Waals surface area contributed by atoms with E-state index < -0.39 is 0 Å². The van der Waals surface area contributed by atoms with Gasteiger partial charge < -0.3 is 5.11 Å². The average Bonchev–Trinajstić information content (AvgIpc) is 3.02. The number of rotatable bonds is 5. The second kappa shape index (κ2) is 8.20. The molecule has 4 aliphatic carbocycles. The van der Waals surface area contributed by atoms with Crippen LogP contribution in [-0.4, -0.2) is 17.0 Å². The van der Waals surface area contributed by atoms with E-state index >= 15 is 0 Å². The lowest BCUT2D eigenvalue weighted by Crippen LogP contribution is -2.57. The Morgan fingerprint density at radius 3 is 2.33 bits per heavy atom. The molecule has 4 aliphatic rings. The van der Waals surface area contributed by atoms with Gasteiger partial charge in [0.15, 0.2) is 0 Å². The summed E-state index contributed by atoms with van der Waals surface area (Å²) in [4.78, 5) is 13.3. The van der Waals surface area contributed by atoms with E-state index in [0.717, 1.165) is 55.3 Å². The Labute approximate surface area is 186 Å². The normalized spacial score (nSPS) is 48.1. The third kappa shape index (κ3) is 3.61. The van der Waals surface area contributed by atoms with Crippen LogP contribution in [0.4, 0.5) is 0 Å². The van der Waals surface area contributed by atoms with E-state index in [-0.39, 0.29) is 17.4 Å². The maximum atomic E-state index is 13.3. The first-order valence-corrected chi connectivity index (χ1v) is 13.3. The van der Waals surface area contributed by atoms with E-state index in [1.54, 1.807) is 0 Å². The van der Waals surface area contributed by atoms with Gasteiger partial charge in [-0.3, -0.25) is 4.79 Å². The average molecular weight is 417 g/mol. The Morgan fingerprint density at radius 1 is 0.933 bits per heavy atom. The molecule has 0 aromatic heterocycles. The molecule has 0 spiro atoms. The summed E-state index contributed by atoms with van der Waals surface area (Å²) >= 11 is 0. The molecule has 0 amide bonds. The highest BCUT2D eigenvalue weighted by Gasteiger charge is 2.62. The van der Waals surface area contributed by atoms with E-state index in [1.165, 1.54) is 38.5 Å². The molecule has 0 aromatic carbocycles. The molecule has 0 bridgehead atoms. The van der Waals surface area contributed by atoms with E-state index in [2.05, 4.69) is 41.5 Å². The summed E-state index contributed by atoms with van der Waals surface area (Å²) < 4.78 is 0. The van der Waals surface area contributed by atoms with Gasteiger partial charge in [0.25, 0.3) is 0 Å². The molecule has 0 heterocycles. The summed E-state index contributed by atoms with van der Waals surface area (Å²) in [5.41, 5.74) is 0.480. The predicted molar refractivity (Wildman–Crippen MR) is 124 cm³/mol. The predicted octanol–water partition coefficient (Wildman–Crippen LogP) is 6.89. The van der Waals surface area contributed by atoms with E-state index in [4.69, 9.17) is 0 Å². The minimum absolute atomic E-state index is 0.0510. The molecule has 0 radical (unpaired) electrons. The summed E-state index contributed by atoms with van der Waals surface area (Å²) in [6.45, 7) is 14.6. The van der Waals surface area contributed by atoms with Gasteiger partial charge in [0.1, 0.15) is 5.78 Å². The molecule has 4 saturated carbocycles. The van der Waals surface area contributed by atoms with E-state index in [9.17, 15) is 9.90 Å². The second-order valence-electron chi connectivity index (χ2n) is 13.0. The highest BCUT2D eigenvalue weighted by molar-refractivity contribution is 5.83. The van der Waals surface area contributed by atoms with Gasteiger partial charge in [-0.15, -0.1) is 0 Å². The lowest BCUT2D eigenvalue weighted by atomic mass is 9.44. The zero-order valence-electron chi connectivity index (χ0n) is 20.6. The Balaban J connectivity index is 1.51. The Hall–Kier alpha value is -0.370. The highest BCUT2D eigenvalue weighted by Crippen LogP contribution is 2.67. The summed E-state index contributed by atoms with van der Waals surface area (Å²) in [5, 5.41) is 10.5. The molecule has 1 unspecified atom stereocenters. The minimum atomic E-state index is -0.189. The van der Waals surface area contributed by atoms with E-state index in [1.807, 2.05) is 0 Å². The van der Waals surface area contributed by atoms with Crippen LogP contribution < -0.4 is 0 Å². The summed E-state index contributed by atoms with van der Waals surface area (Å²) in [5.74, 6) is 5.96. The molecule has 0 saturated heterocycles. The van der Waals surface area contributed by atoms with Crippen molar-refractivity contribution in [3.63, 3.8) is 0 Å². The molecule has 4 rings (SSSR count). The van der Waals surface area contributed by atoms with Crippen molar-refractivity contribution in [2.75, 3.05) is 0 Å². The molecule has 2 nitrogen and oxygen atoms in total. The van der Waals surface area contributed by atoms with Gasteiger partial charge in [0, 0.05) is 12.3 Å². The first kappa shape index (κ1) is 22.8. The second-order valence-corrected chi connectivity index (χ2v) is 13.0. The van der Waals surface area contributed by atoms with Gasteiger partial charge in [0.05, 0.1) is 6.10 Å². The maximum absolute atomic E-state index is 13.3. The van der Waals surface area contributed by atoms with Crippen molar-refractivity contribution in [1.82, 2.24) is 0 Å². The third-order valence-electron chi connectivity index (χ3n) is 11.3. The van der Waals surface area contributed by atoms with Crippen LogP contribution in [0.5, 0.6) is 0 Å². The number of hydrogen-bond acceptors (Lipinski definition) is 2. The van der Waals surface area contributed by atoms with Crippen molar-refractivity contribution in [1.29, 1.82) is 0 Å². The van der Waals surface area contributed by atoms with E-state index in [0.29, 0.717) is 23.0 Å². The molecule has 10 atom stereocenters. The number of aliphatic hydroxyl groups excluding tert-OH is 1. The quantitative estimate of drug-likeness (QED) is 0.529. The summed E-state index contributed by atoms with van der Waals surface area (Å²) in [6, 6.07) is 0. The Bertz CT molecular complexity index is 641. The third-order valence-corrected chi connectivity index (χ3v) is 11.3. The fourth-order valence-electron chi connectivity index (χ4n) is 9.18. The number of carbonyl (C=O) groups excluding carboxylic acids is 1. The first-order valence-electron chi connectivity index (χ1n) is 13.3. The lowest BCUT2D eigenvalue weighted by molar-refractivity contribution is -0.160. The van der Waals surface area contributed by atoms with Crippen LogP contribution in [-0.2, 0) is 4.79 Å². The summed E-state index contributed by atoms with van der Waals surface area (Å²) in [6.07, 6.45) is 11.3. The van der Waals surface area contributed by atoms with Crippen molar-refractivity contribution in [3.8, 4) is 0 Å². The standard InChI is InChI=1S/C28H48O2/c1-17(2)18(3)7-8-19(4)22-11-12-23-21-15-26(30)25-10-9-20(29)16-28(25,6)24(21)13-14-27(22,23)5/h17-25,29H,7-16H2,1-6H3/t18?,19-,20+,21+,22-,23+,24+,25-,27-,28-/m1/s1. The van der Waals surface area contributed by atoms with Gasteiger partial charge in [-0.25, -0.2) is 0 Å². The van der Waals surface area contributed by atoms with Gasteiger partial charge >= 0.3 is 0 Å². The molecular formula is C28H48O2. The lowest BCUT2D eigenvalue weighted by Gasteiger charge is -2.60. The van der Waals surface area contributed by atoms with Crippen molar-refractivity contribution < 1.29 is 9.90 Å². The Kier molecular flexibility index (Phi) is 6.23. The van der Waals surface area contributed by atoms with Crippen molar-refractivity contribution >= 4 is 5.78 Å². The van der Waals surface area contributed by atoms with Crippen molar-refractivity contribution in [3.05, 3.63) is 0 Å². The topological polar surface area (TPSA) is 37.3 Å². The van der Waals surface area contributed by atoms with Crippen LogP contribution in [0, 0.1) is 58.2 Å². The molecule has 172 valence electrons. The highest BCUT2D eigenvalue weighted by atomic mass is 16.3. The zero-order valence-corrected chi connectivity index (χ0v) is 20.6. The fraction of sp³-hybridized carbons (Fsp3) is 0.964. The largest absolute Gasteiger partial charge is 0.393 e. The van der Waals surface area contributed by atoms with Crippen molar-refractivity contribution in [2.24, 2.45) is 58.2 Å². The monoisotopic (exact) mass is 416 g/mol. The van der Waals surface area contributed by atoms with Gasteiger partial charge in [-0.2, -0.15) is 0 Å². The SMILES string of the molecule is CC(C)C(C)CC[C@@H](C)[C@H]1CC[C@H]2[C@@H]3CC(=O)[C@H]4CC[C@H](O)C[C@]4(C)[C@H]3CC[C@]12C. The van der Waals surface area contributed by atoms with Crippen LogP contribution in [0.2, 0.25) is 0 Å². The van der Waals surface area contributed by atoms with Crippen LogP contribution in [0.25, 0.3) is 0 Å². The maximum Gasteiger partial charge on any atom is 0.136 e. The smallest absolute Gasteiger partial charge is 0.136 e. The van der Waals surface area contributed by atoms with Crippen LogP contribution >= 0.6 is 0 Å². The molecule has 30 heavy (non-hydrogen) atoms. The van der Waals surface area contributed by atoms with Crippen molar-refractivity contribution in [2.45, 2.75) is 112 Å². The number of hydrogen-bond donors (Lipinski definition) is 1.